The van der Waals surface area contributed by atoms with E-state index in [2.05, 4.69) is 10.6 Å². The Morgan fingerprint density at radius 1 is 1.16 bits per heavy atom. The van der Waals surface area contributed by atoms with Crippen LogP contribution in [0.2, 0.25) is 5.02 Å². The molecule has 0 aliphatic carbocycles. The summed E-state index contributed by atoms with van der Waals surface area (Å²) in [5.41, 5.74) is 8.43. The van der Waals surface area contributed by atoms with Crippen LogP contribution in [0.1, 0.15) is 29.7 Å². The minimum absolute atomic E-state index is 0.179. The highest BCUT2D eigenvalue weighted by atomic mass is 35.5. The van der Waals surface area contributed by atoms with E-state index in [4.69, 9.17) is 17.3 Å². The van der Waals surface area contributed by atoms with Crippen LogP contribution in [0.5, 0.6) is 0 Å². The first-order chi connectivity index (χ1) is 11.8. The number of nitrogens with one attached hydrogen (secondary N) is 2. The number of carbonyl (C=O) groups excluding carboxylic acids is 2. The van der Waals surface area contributed by atoms with Gasteiger partial charge in [-0.25, -0.2) is 4.79 Å². The number of hydrogen-bond acceptors (Lipinski definition) is 2. The average Bonchev–Trinajstić information content (AvgIpc) is 2.56. The molecule has 5 nitrogen and oxygen atoms in total. The second-order valence-corrected chi connectivity index (χ2v) is 6.09. The predicted molar refractivity (Wildman–Crippen MR) is 101 cm³/mol. The highest BCUT2D eigenvalue weighted by Crippen LogP contribution is 2.18. The van der Waals surface area contributed by atoms with Crippen molar-refractivity contribution in [3.63, 3.8) is 0 Å². The zero-order valence-corrected chi connectivity index (χ0v) is 14.8. The smallest absolute Gasteiger partial charge is 0.316 e. The van der Waals surface area contributed by atoms with Crippen LogP contribution in [-0.2, 0) is 4.79 Å². The van der Waals surface area contributed by atoms with E-state index < -0.39 is 6.03 Å². The van der Waals surface area contributed by atoms with E-state index in [0.29, 0.717) is 10.7 Å². The lowest BCUT2D eigenvalue weighted by atomic mass is 10.1. The van der Waals surface area contributed by atoms with Crippen molar-refractivity contribution >= 4 is 35.3 Å². The lowest BCUT2D eigenvalue weighted by Crippen LogP contribution is -2.24. The van der Waals surface area contributed by atoms with Crippen LogP contribution in [0, 0.1) is 6.92 Å². The molecule has 2 rings (SSSR count). The van der Waals surface area contributed by atoms with Gasteiger partial charge in [0.2, 0.25) is 5.91 Å². The van der Waals surface area contributed by atoms with Crippen molar-refractivity contribution in [2.75, 3.05) is 5.32 Å². The lowest BCUT2D eigenvalue weighted by Gasteiger charge is -2.13. The van der Waals surface area contributed by atoms with Crippen molar-refractivity contribution in [3.8, 4) is 0 Å². The number of rotatable bonds is 5. The summed E-state index contributed by atoms with van der Waals surface area (Å²) in [7, 11) is 0. The third kappa shape index (κ3) is 5.65. The summed E-state index contributed by atoms with van der Waals surface area (Å²) in [6.45, 7) is 3.81. The van der Waals surface area contributed by atoms with E-state index >= 15 is 0 Å². The van der Waals surface area contributed by atoms with Gasteiger partial charge in [-0.3, -0.25) is 4.79 Å². The molecule has 3 amide bonds. The fourth-order valence-corrected chi connectivity index (χ4v) is 2.42. The van der Waals surface area contributed by atoms with E-state index in [9.17, 15) is 9.59 Å². The molecular weight excluding hydrogens is 338 g/mol. The van der Waals surface area contributed by atoms with Crippen LogP contribution in [0.15, 0.2) is 48.5 Å². The number of aryl methyl sites for hydroxylation is 1. The lowest BCUT2D eigenvalue weighted by molar-refractivity contribution is -0.117. The second kappa shape index (κ2) is 8.35. The molecule has 2 aromatic carbocycles. The molecule has 0 saturated carbocycles. The number of halogens is 1. The first kappa shape index (κ1) is 18.5. The Morgan fingerprint density at radius 3 is 2.44 bits per heavy atom. The van der Waals surface area contributed by atoms with E-state index in [0.717, 1.165) is 16.7 Å². The molecule has 0 saturated heterocycles. The standard InChI is InChI=1S/C19H20ClN3O2/c1-12-3-4-14(11-17(12)20)5-10-18(24)22-13(2)15-6-8-16(9-7-15)23-19(21)25/h3-11,13H,1-2H3,(H,22,24)(H3,21,23,25)/b10-5+. The molecule has 0 bridgehead atoms. The second-order valence-electron chi connectivity index (χ2n) is 5.68. The third-order valence-corrected chi connectivity index (χ3v) is 4.07. The van der Waals surface area contributed by atoms with Crippen LogP contribution in [0.25, 0.3) is 6.08 Å². The topological polar surface area (TPSA) is 84.2 Å². The van der Waals surface area contributed by atoms with Gasteiger partial charge in [0.25, 0.3) is 0 Å². The molecular formula is C19H20ClN3O2. The Kier molecular flexibility index (Phi) is 6.19. The maximum atomic E-state index is 12.1. The monoisotopic (exact) mass is 357 g/mol. The number of primary amides is 1. The summed E-state index contributed by atoms with van der Waals surface area (Å²) in [4.78, 5) is 22.9. The molecule has 1 unspecified atom stereocenters. The molecule has 2 aromatic rings. The number of anilines is 1. The van der Waals surface area contributed by atoms with Gasteiger partial charge in [0, 0.05) is 16.8 Å². The van der Waals surface area contributed by atoms with Gasteiger partial charge in [-0.05, 0) is 54.8 Å². The van der Waals surface area contributed by atoms with Crippen molar-refractivity contribution in [2.24, 2.45) is 5.73 Å². The Hall–Kier alpha value is -2.79. The minimum Gasteiger partial charge on any atom is -0.351 e. The number of nitrogens with two attached hydrogens (primary N) is 1. The summed E-state index contributed by atoms with van der Waals surface area (Å²) in [6.07, 6.45) is 3.19. The summed E-state index contributed by atoms with van der Waals surface area (Å²) >= 11 is 6.07. The number of urea groups is 1. The van der Waals surface area contributed by atoms with Crippen molar-refractivity contribution in [1.82, 2.24) is 5.32 Å². The van der Waals surface area contributed by atoms with Crippen LogP contribution < -0.4 is 16.4 Å². The number of amides is 3. The van der Waals surface area contributed by atoms with Gasteiger partial charge in [0.05, 0.1) is 6.04 Å². The quantitative estimate of drug-likeness (QED) is 0.706. The summed E-state index contributed by atoms with van der Waals surface area (Å²) in [5, 5.41) is 6.04. The minimum atomic E-state index is -0.615. The molecule has 4 N–H and O–H groups in total. The average molecular weight is 358 g/mol. The highest BCUT2D eigenvalue weighted by molar-refractivity contribution is 6.31. The Labute approximate surface area is 151 Å². The molecule has 1 atom stereocenters. The molecule has 0 fully saturated rings. The van der Waals surface area contributed by atoms with Gasteiger partial charge in [-0.15, -0.1) is 0 Å². The predicted octanol–water partition coefficient (Wildman–Crippen LogP) is 4.03. The van der Waals surface area contributed by atoms with E-state index in [1.165, 1.54) is 6.08 Å². The normalized spacial score (nSPS) is 12.0. The molecule has 0 spiro atoms. The van der Waals surface area contributed by atoms with Gasteiger partial charge in [-0.1, -0.05) is 35.9 Å². The van der Waals surface area contributed by atoms with Gasteiger partial charge in [-0.2, -0.15) is 0 Å². The Bertz CT molecular complexity index is 801. The molecule has 130 valence electrons. The first-order valence-electron chi connectivity index (χ1n) is 7.76. The van der Waals surface area contributed by atoms with Crippen molar-refractivity contribution in [2.45, 2.75) is 19.9 Å². The fraction of sp³-hybridized carbons (Fsp3) is 0.158. The van der Waals surface area contributed by atoms with E-state index in [1.807, 2.05) is 44.2 Å². The van der Waals surface area contributed by atoms with Crippen LogP contribution in [-0.4, -0.2) is 11.9 Å². The first-order valence-corrected chi connectivity index (χ1v) is 8.14. The third-order valence-electron chi connectivity index (χ3n) is 3.66. The van der Waals surface area contributed by atoms with Gasteiger partial charge in [0.15, 0.2) is 0 Å². The molecule has 0 aromatic heterocycles. The molecule has 0 radical (unpaired) electrons. The van der Waals surface area contributed by atoms with Gasteiger partial charge in [0.1, 0.15) is 0 Å². The number of hydrogen-bond donors (Lipinski definition) is 3. The van der Waals surface area contributed by atoms with Crippen molar-refractivity contribution < 1.29 is 9.59 Å². The van der Waals surface area contributed by atoms with Crippen molar-refractivity contribution in [3.05, 3.63) is 70.3 Å². The Morgan fingerprint density at radius 2 is 1.84 bits per heavy atom. The summed E-state index contributed by atoms with van der Waals surface area (Å²) in [6, 6.07) is 11.9. The molecule has 0 aliphatic rings. The summed E-state index contributed by atoms with van der Waals surface area (Å²) in [5.74, 6) is -0.205. The molecule has 25 heavy (non-hydrogen) atoms. The largest absolute Gasteiger partial charge is 0.351 e. The summed E-state index contributed by atoms with van der Waals surface area (Å²) < 4.78 is 0. The van der Waals surface area contributed by atoms with Crippen LogP contribution in [0.4, 0.5) is 10.5 Å². The molecule has 0 heterocycles. The van der Waals surface area contributed by atoms with Crippen molar-refractivity contribution in [1.29, 1.82) is 0 Å². The Balaban J connectivity index is 1.96. The maximum absolute atomic E-state index is 12.1. The molecule has 6 heteroatoms. The zero-order chi connectivity index (χ0) is 18.4. The maximum Gasteiger partial charge on any atom is 0.316 e. The fourth-order valence-electron chi connectivity index (χ4n) is 2.23. The number of carbonyl (C=O) groups is 2. The van der Waals surface area contributed by atoms with Crippen LogP contribution in [0.3, 0.4) is 0 Å². The van der Waals surface area contributed by atoms with Gasteiger partial charge >= 0.3 is 6.03 Å². The van der Waals surface area contributed by atoms with E-state index in [1.54, 1.807) is 18.2 Å². The van der Waals surface area contributed by atoms with E-state index in [-0.39, 0.29) is 11.9 Å². The van der Waals surface area contributed by atoms with Gasteiger partial charge < -0.3 is 16.4 Å². The highest BCUT2D eigenvalue weighted by Gasteiger charge is 2.08. The zero-order valence-electron chi connectivity index (χ0n) is 14.0. The van der Waals surface area contributed by atoms with Crippen LogP contribution >= 0.6 is 11.6 Å². The molecule has 0 aliphatic heterocycles. The SMILES string of the molecule is Cc1ccc(/C=C/C(=O)NC(C)c2ccc(NC(N)=O)cc2)cc1Cl. The number of benzene rings is 2.